The molecule has 1 N–H and O–H groups in total. The molecule has 0 bridgehead atoms. The molecule has 0 radical (unpaired) electrons. The van der Waals surface area contributed by atoms with Crippen molar-refractivity contribution in [2.45, 2.75) is 0 Å². The molecule has 5 nitrogen and oxygen atoms in total. The Hall–Kier alpha value is -2.18. The van der Waals surface area contributed by atoms with E-state index >= 15 is 0 Å². The summed E-state index contributed by atoms with van der Waals surface area (Å²) in [5.74, 6) is 0.986. The van der Waals surface area contributed by atoms with Gasteiger partial charge in [-0.1, -0.05) is 30.3 Å². The Morgan fingerprint density at radius 1 is 1.16 bits per heavy atom. The molecule has 6 heteroatoms. The van der Waals surface area contributed by atoms with Crippen LogP contribution in [0.1, 0.15) is 0 Å². The lowest BCUT2D eigenvalue weighted by Crippen LogP contribution is -1.97. The van der Waals surface area contributed by atoms with Gasteiger partial charge in [-0.2, -0.15) is 0 Å². The molecule has 0 aliphatic rings. The molecule has 2 aromatic carbocycles. The molecule has 0 saturated carbocycles. The quantitative estimate of drug-likeness (QED) is 0.743. The van der Waals surface area contributed by atoms with Crippen LogP contribution < -0.4 is 4.18 Å². The first-order chi connectivity index (χ1) is 9.22. The molecule has 0 spiro atoms. The Labute approximate surface area is 111 Å². The topological polar surface area (TPSA) is 78.0 Å². The summed E-state index contributed by atoms with van der Waals surface area (Å²) in [5, 5.41) is 0. The molecular weight excluding hydrogens is 264 g/mol. The number of imidazole rings is 1. The number of benzene rings is 2. The summed E-state index contributed by atoms with van der Waals surface area (Å²) in [6.45, 7) is 0. The summed E-state index contributed by atoms with van der Waals surface area (Å²) in [7, 11) is 0. The van der Waals surface area contributed by atoms with E-state index in [0.29, 0.717) is 0 Å². The maximum atomic E-state index is 10.5. The zero-order chi connectivity index (χ0) is 13.2. The van der Waals surface area contributed by atoms with Gasteiger partial charge in [0.1, 0.15) is 22.9 Å². The molecule has 1 unspecified atom stereocenters. The predicted molar refractivity (Wildman–Crippen MR) is 71.1 cm³/mol. The molecule has 0 fully saturated rings. The number of aromatic amines is 1. The third-order valence-corrected chi connectivity index (χ3v) is 2.99. The lowest BCUT2D eigenvalue weighted by molar-refractivity contribution is 0.440. The van der Waals surface area contributed by atoms with Crippen molar-refractivity contribution < 1.29 is 12.9 Å². The van der Waals surface area contributed by atoms with Crippen LogP contribution in [0.4, 0.5) is 0 Å². The van der Waals surface area contributed by atoms with E-state index in [0.717, 1.165) is 22.4 Å². The monoisotopic (exact) mass is 273 g/mol. The molecule has 1 heterocycles. The first-order valence-electron chi connectivity index (χ1n) is 5.55. The number of nitrogens with zero attached hydrogens (tertiary/aromatic N) is 1. The Morgan fingerprint density at radius 2 is 1.95 bits per heavy atom. The minimum atomic E-state index is -2.57. The van der Waals surface area contributed by atoms with Gasteiger partial charge in [0.15, 0.2) is 0 Å². The van der Waals surface area contributed by atoms with Crippen LogP contribution in [0.5, 0.6) is 5.75 Å². The Kier molecular flexibility index (Phi) is 3.02. The largest absolute Gasteiger partial charge is 0.740 e. The number of fused-ring (bicyclic) bond motifs is 1. The van der Waals surface area contributed by atoms with Crippen LogP contribution in [0.2, 0.25) is 0 Å². The summed E-state index contributed by atoms with van der Waals surface area (Å²) >= 11 is -2.57. The molecule has 19 heavy (non-hydrogen) atoms. The molecule has 0 aliphatic carbocycles. The molecule has 3 aromatic rings. The van der Waals surface area contributed by atoms with Crippen molar-refractivity contribution in [2.24, 2.45) is 0 Å². The van der Waals surface area contributed by atoms with Crippen LogP contribution in [-0.2, 0) is 11.4 Å². The molecule has 1 atom stereocenters. The smallest absolute Gasteiger partial charge is 0.141 e. The van der Waals surface area contributed by atoms with Crippen LogP contribution in [0.15, 0.2) is 48.5 Å². The molecule has 3 rings (SSSR count). The zero-order valence-electron chi connectivity index (χ0n) is 9.70. The van der Waals surface area contributed by atoms with Crippen molar-refractivity contribution in [1.29, 1.82) is 0 Å². The third-order valence-electron chi connectivity index (χ3n) is 2.66. The molecule has 0 amide bonds. The molecule has 0 aliphatic heterocycles. The average molecular weight is 273 g/mol. The molecule has 96 valence electrons. The molecule has 1 aromatic heterocycles. The first kappa shape index (κ1) is 11.9. The number of hydrogen-bond acceptors (Lipinski definition) is 4. The Bertz CT molecular complexity index is 740. The number of hydrogen-bond donors (Lipinski definition) is 1. The van der Waals surface area contributed by atoms with Crippen LogP contribution in [0.25, 0.3) is 22.4 Å². The van der Waals surface area contributed by atoms with E-state index in [-0.39, 0.29) is 5.75 Å². The van der Waals surface area contributed by atoms with E-state index in [1.54, 1.807) is 18.2 Å². The lowest BCUT2D eigenvalue weighted by Gasteiger charge is -2.05. The van der Waals surface area contributed by atoms with Gasteiger partial charge < -0.3 is 13.7 Å². The van der Waals surface area contributed by atoms with Gasteiger partial charge in [-0.15, -0.1) is 0 Å². The Morgan fingerprint density at radius 3 is 2.68 bits per heavy atom. The minimum absolute atomic E-state index is 0.254. The third kappa shape index (κ3) is 2.49. The van der Waals surface area contributed by atoms with E-state index in [1.165, 1.54) is 0 Å². The van der Waals surface area contributed by atoms with Gasteiger partial charge >= 0.3 is 0 Å². The second-order valence-electron chi connectivity index (χ2n) is 3.92. The van der Waals surface area contributed by atoms with E-state index < -0.39 is 11.4 Å². The molecular formula is C13H9N2O3S-. The van der Waals surface area contributed by atoms with Gasteiger partial charge in [0.2, 0.25) is 0 Å². The van der Waals surface area contributed by atoms with Crippen molar-refractivity contribution in [3.8, 4) is 17.1 Å². The van der Waals surface area contributed by atoms with E-state index in [9.17, 15) is 8.76 Å². The summed E-state index contributed by atoms with van der Waals surface area (Å²) in [6, 6.07) is 14.6. The lowest BCUT2D eigenvalue weighted by atomic mass is 10.2. The van der Waals surface area contributed by atoms with Crippen molar-refractivity contribution in [3.63, 3.8) is 0 Å². The number of H-pyrrole nitrogens is 1. The highest BCUT2D eigenvalue weighted by Crippen LogP contribution is 2.23. The van der Waals surface area contributed by atoms with Crippen molar-refractivity contribution >= 4 is 22.4 Å². The second kappa shape index (κ2) is 4.83. The van der Waals surface area contributed by atoms with Crippen LogP contribution in [0, 0.1) is 0 Å². The van der Waals surface area contributed by atoms with Gasteiger partial charge in [-0.25, -0.2) is 9.19 Å². The van der Waals surface area contributed by atoms with Crippen LogP contribution >= 0.6 is 0 Å². The summed E-state index contributed by atoms with van der Waals surface area (Å²) < 4.78 is 25.6. The number of aromatic nitrogens is 2. The molecule has 0 saturated heterocycles. The fraction of sp³-hybridized carbons (Fsp3) is 0. The highest BCUT2D eigenvalue weighted by molar-refractivity contribution is 7.74. The van der Waals surface area contributed by atoms with Crippen LogP contribution in [-0.4, -0.2) is 18.7 Å². The van der Waals surface area contributed by atoms with Gasteiger partial charge in [0.05, 0.1) is 11.0 Å². The zero-order valence-corrected chi connectivity index (χ0v) is 10.5. The fourth-order valence-electron chi connectivity index (χ4n) is 1.85. The fourth-order valence-corrected chi connectivity index (χ4v) is 2.11. The van der Waals surface area contributed by atoms with E-state index in [4.69, 9.17) is 0 Å². The van der Waals surface area contributed by atoms with Gasteiger partial charge in [0.25, 0.3) is 0 Å². The number of rotatable bonds is 3. The second-order valence-corrected chi connectivity index (χ2v) is 4.49. The predicted octanol–water partition coefficient (Wildman–Crippen LogP) is 2.40. The van der Waals surface area contributed by atoms with Crippen molar-refractivity contribution in [3.05, 3.63) is 48.5 Å². The number of nitrogens with one attached hydrogen (secondary N) is 1. The summed E-state index contributed by atoms with van der Waals surface area (Å²) in [6.07, 6.45) is 0. The van der Waals surface area contributed by atoms with Crippen LogP contribution in [0.3, 0.4) is 0 Å². The van der Waals surface area contributed by atoms with Gasteiger partial charge in [-0.05, 0) is 12.1 Å². The van der Waals surface area contributed by atoms with E-state index in [2.05, 4.69) is 14.2 Å². The standard InChI is InChI=1S/C13H10N2O3S/c16-19(17)18-10-6-7-11-12(8-10)15-13(14-11)9-4-2-1-3-5-9/h1-8H,(H,14,15)(H,16,17)/p-1. The van der Waals surface area contributed by atoms with Crippen molar-refractivity contribution in [1.82, 2.24) is 9.97 Å². The SMILES string of the molecule is O=S([O-])Oc1ccc2nc(-c3ccccc3)[nH]c2c1. The summed E-state index contributed by atoms with van der Waals surface area (Å²) in [5.41, 5.74) is 2.44. The highest BCUT2D eigenvalue weighted by Gasteiger charge is 2.06. The van der Waals surface area contributed by atoms with E-state index in [1.807, 2.05) is 30.3 Å². The van der Waals surface area contributed by atoms with Gasteiger partial charge in [0, 0.05) is 11.6 Å². The highest BCUT2D eigenvalue weighted by atomic mass is 32.2. The first-order valence-corrected chi connectivity index (χ1v) is 6.55. The maximum Gasteiger partial charge on any atom is 0.141 e. The maximum absolute atomic E-state index is 10.5. The summed E-state index contributed by atoms with van der Waals surface area (Å²) in [4.78, 5) is 7.57. The average Bonchev–Trinajstić information content (AvgIpc) is 2.82. The van der Waals surface area contributed by atoms with Gasteiger partial charge in [-0.3, -0.25) is 0 Å². The van der Waals surface area contributed by atoms with Crippen molar-refractivity contribution in [2.75, 3.05) is 0 Å². The Balaban J connectivity index is 2.04. The normalized spacial score (nSPS) is 12.5. The minimum Gasteiger partial charge on any atom is -0.740 e.